The van der Waals surface area contributed by atoms with Crippen LogP contribution in [0.15, 0.2) is 60.7 Å². The molecule has 1 saturated heterocycles. The Kier molecular flexibility index (Phi) is 4.70. The maximum atomic E-state index is 12.6. The zero-order chi connectivity index (χ0) is 17.8. The van der Waals surface area contributed by atoms with Crippen molar-refractivity contribution in [2.45, 2.75) is 5.92 Å². The molecule has 1 N–H and O–H groups in total. The van der Waals surface area contributed by atoms with E-state index in [1.165, 1.54) is 24.3 Å². The quantitative estimate of drug-likeness (QED) is 0.393. The number of hydrogen-bond donors (Lipinski definition) is 1. The van der Waals surface area contributed by atoms with Crippen LogP contribution in [0.1, 0.15) is 17.0 Å². The molecule has 2 atom stereocenters. The lowest BCUT2D eigenvalue weighted by molar-refractivity contribution is -0.384. The van der Waals surface area contributed by atoms with Crippen molar-refractivity contribution in [3.8, 4) is 0 Å². The van der Waals surface area contributed by atoms with Gasteiger partial charge in [-0.3, -0.25) is 19.7 Å². The highest BCUT2D eigenvalue weighted by Gasteiger charge is 2.39. The molecule has 1 aliphatic rings. The predicted molar refractivity (Wildman–Crippen MR) is 92.8 cm³/mol. The standard InChI is InChI=1S/C19H16N2O4/c22-17(10-9-13-5-4-8-15(11-13)21(24)25)18-16(12-20-19(18)23)14-6-2-1-3-7-14/h1-11,16,18H,12H2,(H,20,23)/b10-9+/t16-,18+/m0/s1. The number of allylic oxidation sites excluding steroid dienone is 1. The van der Waals surface area contributed by atoms with Gasteiger partial charge in [0.05, 0.1) is 4.92 Å². The molecule has 126 valence electrons. The van der Waals surface area contributed by atoms with Gasteiger partial charge in [-0.2, -0.15) is 0 Å². The van der Waals surface area contributed by atoms with Gasteiger partial charge in [-0.25, -0.2) is 0 Å². The molecule has 25 heavy (non-hydrogen) atoms. The number of rotatable bonds is 5. The van der Waals surface area contributed by atoms with Crippen molar-refractivity contribution in [2.24, 2.45) is 5.92 Å². The van der Waals surface area contributed by atoms with E-state index in [4.69, 9.17) is 0 Å². The minimum absolute atomic E-state index is 0.0460. The fourth-order valence-electron chi connectivity index (χ4n) is 2.98. The lowest BCUT2D eigenvalue weighted by Gasteiger charge is -2.14. The molecule has 1 aliphatic heterocycles. The van der Waals surface area contributed by atoms with Crippen molar-refractivity contribution in [1.29, 1.82) is 0 Å². The topological polar surface area (TPSA) is 89.3 Å². The highest BCUT2D eigenvalue weighted by atomic mass is 16.6. The Hall–Kier alpha value is -3.28. The van der Waals surface area contributed by atoms with Crippen LogP contribution in [0, 0.1) is 16.0 Å². The summed E-state index contributed by atoms with van der Waals surface area (Å²) in [5, 5.41) is 13.5. The number of amides is 1. The number of benzene rings is 2. The first-order chi connectivity index (χ1) is 12.1. The van der Waals surface area contributed by atoms with E-state index in [2.05, 4.69) is 5.32 Å². The largest absolute Gasteiger partial charge is 0.355 e. The summed E-state index contributed by atoms with van der Waals surface area (Å²) < 4.78 is 0. The highest BCUT2D eigenvalue weighted by molar-refractivity contribution is 6.10. The van der Waals surface area contributed by atoms with Gasteiger partial charge in [-0.05, 0) is 17.2 Å². The van der Waals surface area contributed by atoms with Crippen molar-refractivity contribution in [2.75, 3.05) is 6.54 Å². The van der Waals surface area contributed by atoms with Gasteiger partial charge in [-0.15, -0.1) is 0 Å². The maximum absolute atomic E-state index is 12.6. The number of nitro benzene ring substituents is 1. The monoisotopic (exact) mass is 336 g/mol. The first kappa shape index (κ1) is 16.6. The van der Waals surface area contributed by atoms with Crippen LogP contribution in [-0.4, -0.2) is 23.2 Å². The first-order valence-electron chi connectivity index (χ1n) is 7.85. The van der Waals surface area contributed by atoms with Gasteiger partial charge in [0.15, 0.2) is 5.78 Å². The number of nitro groups is 1. The molecule has 0 bridgehead atoms. The third kappa shape index (κ3) is 3.63. The molecule has 0 radical (unpaired) electrons. The van der Waals surface area contributed by atoms with Crippen molar-refractivity contribution in [3.05, 3.63) is 81.9 Å². The molecule has 0 saturated carbocycles. The molecular weight excluding hydrogens is 320 g/mol. The molecule has 0 unspecified atom stereocenters. The highest BCUT2D eigenvalue weighted by Crippen LogP contribution is 2.30. The van der Waals surface area contributed by atoms with Gasteiger partial charge in [0, 0.05) is 24.6 Å². The van der Waals surface area contributed by atoms with Crippen LogP contribution in [0.25, 0.3) is 6.08 Å². The fraction of sp³-hybridized carbons (Fsp3) is 0.158. The van der Waals surface area contributed by atoms with Crippen molar-refractivity contribution in [1.82, 2.24) is 5.32 Å². The second-order valence-corrected chi connectivity index (χ2v) is 5.83. The molecule has 6 nitrogen and oxygen atoms in total. The number of carbonyl (C=O) groups excluding carboxylic acids is 2. The van der Waals surface area contributed by atoms with E-state index in [-0.39, 0.29) is 23.3 Å². The van der Waals surface area contributed by atoms with Gasteiger partial charge in [-0.1, -0.05) is 48.5 Å². The Morgan fingerprint density at radius 3 is 2.64 bits per heavy atom. The summed E-state index contributed by atoms with van der Waals surface area (Å²) in [6.07, 6.45) is 2.83. The normalized spacial score (nSPS) is 19.8. The Labute approximate surface area is 144 Å². The summed E-state index contributed by atoms with van der Waals surface area (Å²) in [5.74, 6) is -1.59. The zero-order valence-electron chi connectivity index (χ0n) is 13.3. The van der Waals surface area contributed by atoms with Crippen LogP contribution in [0.2, 0.25) is 0 Å². The van der Waals surface area contributed by atoms with Crippen molar-refractivity contribution in [3.63, 3.8) is 0 Å². The third-order valence-corrected chi connectivity index (χ3v) is 4.24. The smallest absolute Gasteiger partial charge is 0.270 e. The number of carbonyl (C=O) groups is 2. The second kappa shape index (κ2) is 7.09. The van der Waals surface area contributed by atoms with Gasteiger partial charge in [0.2, 0.25) is 5.91 Å². The number of nitrogens with zero attached hydrogens (tertiary/aromatic N) is 1. The molecule has 3 rings (SSSR count). The number of hydrogen-bond acceptors (Lipinski definition) is 4. The summed E-state index contributed by atoms with van der Waals surface area (Å²) in [6.45, 7) is 0.421. The summed E-state index contributed by atoms with van der Waals surface area (Å²) in [6, 6.07) is 15.4. The van der Waals surface area contributed by atoms with Gasteiger partial charge in [0.1, 0.15) is 5.92 Å². The number of nitrogens with one attached hydrogen (secondary N) is 1. The van der Waals surface area contributed by atoms with Crippen molar-refractivity contribution >= 4 is 23.5 Å². The molecule has 1 fully saturated rings. The van der Waals surface area contributed by atoms with E-state index in [1.807, 2.05) is 30.3 Å². The minimum Gasteiger partial charge on any atom is -0.355 e. The first-order valence-corrected chi connectivity index (χ1v) is 7.85. The van der Waals surface area contributed by atoms with E-state index < -0.39 is 10.8 Å². The number of ketones is 1. The van der Waals surface area contributed by atoms with E-state index in [1.54, 1.807) is 12.1 Å². The summed E-state index contributed by atoms with van der Waals surface area (Å²) >= 11 is 0. The Bertz CT molecular complexity index is 846. The Morgan fingerprint density at radius 2 is 1.92 bits per heavy atom. The average molecular weight is 336 g/mol. The second-order valence-electron chi connectivity index (χ2n) is 5.83. The molecule has 2 aromatic carbocycles. The molecule has 2 aromatic rings. The summed E-state index contributed by atoms with van der Waals surface area (Å²) in [5.41, 5.74) is 1.43. The molecule has 1 heterocycles. The minimum atomic E-state index is -0.780. The molecule has 0 aromatic heterocycles. The lowest BCUT2D eigenvalue weighted by atomic mass is 9.85. The van der Waals surface area contributed by atoms with E-state index in [0.717, 1.165) is 5.56 Å². The number of non-ortho nitro benzene ring substituents is 1. The van der Waals surface area contributed by atoms with Gasteiger partial charge >= 0.3 is 0 Å². The molecular formula is C19H16N2O4. The summed E-state index contributed by atoms with van der Waals surface area (Å²) in [4.78, 5) is 35.0. The van der Waals surface area contributed by atoms with Crippen LogP contribution in [0.3, 0.4) is 0 Å². The lowest BCUT2D eigenvalue weighted by Crippen LogP contribution is -2.25. The molecule has 0 aliphatic carbocycles. The SMILES string of the molecule is O=C(/C=C/c1cccc([N+](=O)[O-])c1)[C@@H]1C(=O)NC[C@H]1c1ccccc1. The maximum Gasteiger partial charge on any atom is 0.270 e. The predicted octanol–water partition coefficient (Wildman–Crippen LogP) is 2.71. The van der Waals surface area contributed by atoms with E-state index in [9.17, 15) is 19.7 Å². The van der Waals surface area contributed by atoms with Gasteiger partial charge < -0.3 is 5.32 Å². The zero-order valence-corrected chi connectivity index (χ0v) is 13.3. The molecule has 1 amide bonds. The van der Waals surface area contributed by atoms with Crippen LogP contribution >= 0.6 is 0 Å². The molecule has 6 heteroatoms. The van der Waals surface area contributed by atoms with E-state index >= 15 is 0 Å². The van der Waals surface area contributed by atoms with Crippen LogP contribution in [0.4, 0.5) is 5.69 Å². The van der Waals surface area contributed by atoms with Gasteiger partial charge in [0.25, 0.3) is 5.69 Å². The van der Waals surface area contributed by atoms with Crippen LogP contribution < -0.4 is 5.32 Å². The average Bonchev–Trinajstić information content (AvgIpc) is 3.02. The fourth-order valence-corrected chi connectivity index (χ4v) is 2.98. The van der Waals surface area contributed by atoms with E-state index in [0.29, 0.717) is 12.1 Å². The Balaban J connectivity index is 1.80. The van der Waals surface area contributed by atoms with Crippen molar-refractivity contribution < 1.29 is 14.5 Å². The molecule has 0 spiro atoms. The van der Waals surface area contributed by atoms with Crippen LogP contribution in [0.5, 0.6) is 0 Å². The third-order valence-electron chi connectivity index (χ3n) is 4.24. The Morgan fingerprint density at radius 1 is 1.16 bits per heavy atom. The van der Waals surface area contributed by atoms with Crippen LogP contribution in [-0.2, 0) is 9.59 Å². The summed E-state index contributed by atoms with van der Waals surface area (Å²) in [7, 11) is 0.